The molecule has 0 rings (SSSR count). The van der Waals surface area contributed by atoms with E-state index in [1.807, 2.05) is 0 Å². The van der Waals surface area contributed by atoms with Gasteiger partial charge < -0.3 is 11.1 Å². The molecular formula is C24H48NNaO4. The van der Waals surface area contributed by atoms with E-state index in [2.05, 4.69) is 6.92 Å². The quantitative estimate of drug-likeness (QED) is 0.151. The molecule has 6 heteroatoms. The predicted octanol–water partition coefficient (Wildman–Crippen LogP) is 4.40. The Hall–Kier alpha value is -0.100. The van der Waals surface area contributed by atoms with E-state index < -0.39 is 0 Å². The topological polar surface area (TPSA) is 55.8 Å². The number of carbonyl (C=O) groups is 2. The van der Waals surface area contributed by atoms with E-state index in [-0.39, 0.29) is 55.8 Å². The number of hydrogen-bond donors (Lipinski definition) is 0. The Morgan fingerprint density at radius 3 is 1.17 bits per heavy atom. The first-order valence-corrected chi connectivity index (χ1v) is 12.3. The molecule has 0 aliphatic rings. The first kappa shape index (κ1) is 32.1. The maximum Gasteiger partial charge on any atom is 1.00 e. The van der Waals surface area contributed by atoms with Gasteiger partial charge >= 0.3 is 41.5 Å². The minimum atomic E-state index is -0.384. The first-order valence-electron chi connectivity index (χ1n) is 12.3. The van der Waals surface area contributed by atoms with Crippen molar-refractivity contribution in [1.29, 1.82) is 0 Å². The second-order valence-electron chi connectivity index (χ2n) is 7.99. The summed E-state index contributed by atoms with van der Waals surface area (Å²) in [7, 11) is 0. The molecule has 5 nitrogen and oxygen atoms in total. The van der Waals surface area contributed by atoms with Crippen LogP contribution < -0.4 is 29.6 Å². The van der Waals surface area contributed by atoms with Gasteiger partial charge in [-0.15, -0.1) is 0 Å². The van der Waals surface area contributed by atoms with Crippen molar-refractivity contribution >= 4 is 11.9 Å². The molecule has 0 aliphatic carbocycles. The molecule has 0 fully saturated rings. The van der Waals surface area contributed by atoms with Gasteiger partial charge in [0.15, 0.2) is 0 Å². The van der Waals surface area contributed by atoms with Crippen molar-refractivity contribution in [2.45, 2.75) is 136 Å². The molecule has 0 saturated heterocycles. The maximum atomic E-state index is 11.4. The van der Waals surface area contributed by atoms with E-state index >= 15 is 0 Å². The molecule has 0 aliphatic heterocycles. The fraction of sp³-hybridized carbons (Fsp3) is 0.917. The number of unbranched alkanes of at least 4 members (excludes halogenated alkanes) is 15. The maximum absolute atomic E-state index is 11.4. The number of carbonyl (C=O) groups excluding carboxylic acids is 2. The summed E-state index contributed by atoms with van der Waals surface area (Å²) < 4.78 is 0. The van der Waals surface area contributed by atoms with Gasteiger partial charge in [-0.05, 0) is 6.42 Å². The van der Waals surface area contributed by atoms with Crippen LogP contribution in [0.1, 0.15) is 138 Å². The average molecular weight is 438 g/mol. The predicted molar refractivity (Wildman–Crippen MR) is 120 cm³/mol. The van der Waals surface area contributed by atoms with Crippen LogP contribution in [-0.2, 0) is 19.3 Å². The second-order valence-corrected chi connectivity index (χ2v) is 7.99. The smallest absolute Gasteiger partial charge is 1.00 e. The fourth-order valence-corrected chi connectivity index (χ4v) is 3.26. The summed E-state index contributed by atoms with van der Waals surface area (Å²) in [5, 5.41) is 1.06. The monoisotopic (exact) mass is 437 g/mol. The van der Waals surface area contributed by atoms with Gasteiger partial charge in [-0.25, -0.2) is 0 Å². The number of nitrogens with zero attached hydrogens (tertiary/aromatic N) is 1. The summed E-state index contributed by atoms with van der Waals surface area (Å²) in [5.41, 5.74) is 0. The Labute approximate surface area is 209 Å². The molecule has 174 valence electrons. The van der Waals surface area contributed by atoms with E-state index in [0.717, 1.165) is 18.1 Å². The van der Waals surface area contributed by atoms with Gasteiger partial charge in [-0.2, -0.15) is 0 Å². The number of rotatable bonds is 21. The SMILES string of the molecule is CCCCCCCCCCCCCCCCCCN(OC(=O)CC)OC(=O)CC.[H-].[Na+]. The Morgan fingerprint density at radius 1 is 0.567 bits per heavy atom. The Balaban J connectivity index is -0.00000392. The molecule has 0 aromatic heterocycles. The third-order valence-corrected chi connectivity index (χ3v) is 5.18. The van der Waals surface area contributed by atoms with Crippen LogP contribution in [0.5, 0.6) is 0 Å². The summed E-state index contributed by atoms with van der Waals surface area (Å²) in [6.07, 6.45) is 21.5. The van der Waals surface area contributed by atoms with Gasteiger partial charge in [-0.3, -0.25) is 9.59 Å². The summed E-state index contributed by atoms with van der Waals surface area (Å²) >= 11 is 0. The zero-order valence-electron chi connectivity index (χ0n) is 21.5. The Morgan fingerprint density at radius 2 is 0.867 bits per heavy atom. The third-order valence-electron chi connectivity index (χ3n) is 5.18. The van der Waals surface area contributed by atoms with Crippen LogP contribution in [0.3, 0.4) is 0 Å². The zero-order chi connectivity index (χ0) is 21.6. The standard InChI is InChI=1S/C24H47NO4.Na.H/c1-4-7-8-9-10-11-12-13-14-15-16-17-18-19-20-21-22-25(28-23(26)5-2)29-24(27)6-3;;/h4-22H2,1-3H3;;/q;+1;-1. The summed E-state index contributed by atoms with van der Waals surface area (Å²) in [5.74, 6) is -0.768. The van der Waals surface area contributed by atoms with Crippen molar-refractivity contribution in [2.24, 2.45) is 0 Å². The molecule has 0 amide bonds. The molecular weight excluding hydrogens is 389 g/mol. The van der Waals surface area contributed by atoms with Crippen LogP contribution in [0.25, 0.3) is 0 Å². The minimum absolute atomic E-state index is 0. The van der Waals surface area contributed by atoms with Crippen molar-refractivity contribution < 1.29 is 50.2 Å². The van der Waals surface area contributed by atoms with Gasteiger partial charge in [0, 0.05) is 18.1 Å². The molecule has 0 unspecified atom stereocenters. The Bertz CT molecular complexity index is 382. The van der Waals surface area contributed by atoms with Gasteiger partial charge in [0.05, 0.1) is 6.54 Å². The van der Waals surface area contributed by atoms with Crippen LogP contribution in [0.4, 0.5) is 0 Å². The summed E-state index contributed by atoms with van der Waals surface area (Å²) in [4.78, 5) is 32.9. The minimum Gasteiger partial charge on any atom is -1.00 e. The van der Waals surface area contributed by atoms with Crippen molar-refractivity contribution in [3.8, 4) is 0 Å². The summed E-state index contributed by atoms with van der Waals surface area (Å²) in [6, 6.07) is 0. The van der Waals surface area contributed by atoms with Gasteiger partial charge in [0.2, 0.25) is 0 Å². The first-order chi connectivity index (χ1) is 14.1. The van der Waals surface area contributed by atoms with Crippen LogP contribution >= 0.6 is 0 Å². The van der Waals surface area contributed by atoms with E-state index in [1.165, 1.54) is 89.9 Å². The summed E-state index contributed by atoms with van der Waals surface area (Å²) in [6.45, 7) is 6.15. The third kappa shape index (κ3) is 22.6. The van der Waals surface area contributed by atoms with Crippen LogP contribution in [0.15, 0.2) is 0 Å². The normalized spacial score (nSPS) is 10.7. The number of hydroxylamine groups is 2. The molecule has 0 bridgehead atoms. The van der Waals surface area contributed by atoms with Crippen LogP contribution in [-0.4, -0.2) is 23.7 Å². The van der Waals surface area contributed by atoms with E-state index in [9.17, 15) is 9.59 Å². The van der Waals surface area contributed by atoms with Gasteiger partial charge in [0.25, 0.3) is 0 Å². The molecule has 0 radical (unpaired) electrons. The molecule has 0 atom stereocenters. The van der Waals surface area contributed by atoms with Crippen molar-refractivity contribution in [2.75, 3.05) is 6.54 Å². The van der Waals surface area contributed by atoms with Gasteiger partial charge in [-0.1, -0.05) is 117 Å². The average Bonchev–Trinajstić information content (AvgIpc) is 2.72. The molecule has 0 heterocycles. The molecule has 0 aromatic carbocycles. The molecule has 0 saturated carbocycles. The van der Waals surface area contributed by atoms with Crippen molar-refractivity contribution in [1.82, 2.24) is 5.23 Å². The molecule has 30 heavy (non-hydrogen) atoms. The molecule has 0 aromatic rings. The number of hydrogen-bond acceptors (Lipinski definition) is 5. The van der Waals surface area contributed by atoms with Crippen LogP contribution in [0.2, 0.25) is 0 Å². The van der Waals surface area contributed by atoms with E-state index in [1.54, 1.807) is 13.8 Å². The molecule has 0 spiro atoms. The van der Waals surface area contributed by atoms with E-state index in [4.69, 9.17) is 9.68 Å². The largest absolute Gasteiger partial charge is 1.00 e. The molecule has 0 N–H and O–H groups in total. The fourth-order valence-electron chi connectivity index (χ4n) is 3.26. The Kier molecular flexibility index (Phi) is 26.9. The van der Waals surface area contributed by atoms with Crippen molar-refractivity contribution in [3.63, 3.8) is 0 Å². The van der Waals surface area contributed by atoms with E-state index in [0.29, 0.717) is 6.54 Å². The van der Waals surface area contributed by atoms with Gasteiger partial charge in [0.1, 0.15) is 0 Å². The second kappa shape index (κ2) is 25.2. The van der Waals surface area contributed by atoms with Crippen molar-refractivity contribution in [3.05, 3.63) is 0 Å². The van der Waals surface area contributed by atoms with Crippen LogP contribution in [0, 0.1) is 0 Å². The zero-order valence-corrected chi connectivity index (χ0v) is 22.5.